The molecule has 1 aliphatic carbocycles. The van der Waals surface area contributed by atoms with Crippen LogP contribution >= 0.6 is 0 Å². The van der Waals surface area contributed by atoms with Gasteiger partial charge >= 0.3 is 6.09 Å². The van der Waals surface area contributed by atoms with Crippen molar-refractivity contribution < 1.29 is 9.53 Å². The van der Waals surface area contributed by atoms with Gasteiger partial charge in [-0.1, -0.05) is 0 Å². The Morgan fingerprint density at radius 1 is 1.32 bits per heavy atom. The molecule has 1 spiro atoms. The summed E-state index contributed by atoms with van der Waals surface area (Å²) in [5, 5.41) is 7.83. The molecule has 1 saturated heterocycles. The van der Waals surface area contributed by atoms with Gasteiger partial charge in [-0.3, -0.25) is 4.68 Å². The second-order valence-electron chi connectivity index (χ2n) is 9.15. The van der Waals surface area contributed by atoms with Crippen molar-refractivity contribution >= 4 is 11.9 Å². The molecule has 0 bridgehead atoms. The number of likely N-dealkylation sites (tertiary alicyclic amines) is 1. The average molecular weight is 383 g/mol. The Labute approximate surface area is 166 Å². The Morgan fingerprint density at radius 3 is 2.64 bits per heavy atom. The minimum atomic E-state index is -0.472. The molecule has 150 valence electrons. The maximum atomic E-state index is 12.5. The van der Waals surface area contributed by atoms with Crippen LogP contribution in [0.15, 0.2) is 24.5 Å². The summed E-state index contributed by atoms with van der Waals surface area (Å²) in [6, 6.07) is 4.31. The lowest BCUT2D eigenvalue weighted by molar-refractivity contribution is 0.0285. The lowest BCUT2D eigenvalue weighted by Gasteiger charge is -2.24. The van der Waals surface area contributed by atoms with Crippen LogP contribution in [0, 0.1) is 12.3 Å². The number of nitrogens with zero attached hydrogens (tertiary/aromatic N) is 4. The highest BCUT2D eigenvalue weighted by Crippen LogP contribution is 2.53. The van der Waals surface area contributed by atoms with Gasteiger partial charge in [-0.25, -0.2) is 9.78 Å². The van der Waals surface area contributed by atoms with Crippen LogP contribution in [0.2, 0.25) is 0 Å². The summed E-state index contributed by atoms with van der Waals surface area (Å²) in [6.45, 7) is 9.13. The first-order valence-electron chi connectivity index (χ1n) is 9.86. The van der Waals surface area contributed by atoms with Crippen LogP contribution in [0.25, 0.3) is 11.1 Å². The van der Waals surface area contributed by atoms with Gasteiger partial charge in [0.05, 0.1) is 12.2 Å². The number of amides is 1. The molecule has 1 amide bonds. The van der Waals surface area contributed by atoms with Crippen molar-refractivity contribution in [2.45, 2.75) is 52.2 Å². The number of nitrogens with one attached hydrogen (secondary N) is 1. The topological polar surface area (TPSA) is 72.3 Å². The molecule has 3 heterocycles. The molecule has 7 nitrogen and oxygen atoms in total. The van der Waals surface area contributed by atoms with Crippen molar-refractivity contribution in [1.82, 2.24) is 19.7 Å². The molecule has 1 saturated carbocycles. The third-order valence-electron chi connectivity index (χ3n) is 5.62. The van der Waals surface area contributed by atoms with Gasteiger partial charge in [0.25, 0.3) is 0 Å². The smallest absolute Gasteiger partial charge is 0.410 e. The van der Waals surface area contributed by atoms with Crippen LogP contribution in [-0.4, -0.2) is 50.5 Å². The Balaban J connectivity index is 1.47. The van der Waals surface area contributed by atoms with E-state index in [2.05, 4.69) is 16.5 Å². The van der Waals surface area contributed by atoms with Crippen LogP contribution < -0.4 is 5.32 Å². The summed E-state index contributed by atoms with van der Waals surface area (Å²) in [7, 11) is 1.91. The largest absolute Gasteiger partial charge is 0.444 e. The van der Waals surface area contributed by atoms with Gasteiger partial charge in [-0.2, -0.15) is 5.10 Å². The summed E-state index contributed by atoms with van der Waals surface area (Å²) >= 11 is 0. The molecule has 0 radical (unpaired) electrons. The van der Waals surface area contributed by atoms with Crippen molar-refractivity contribution in [1.29, 1.82) is 0 Å². The number of pyridine rings is 1. The van der Waals surface area contributed by atoms with Gasteiger partial charge in [0.1, 0.15) is 11.4 Å². The fraction of sp³-hybridized carbons (Fsp3) is 0.571. The highest BCUT2D eigenvalue weighted by molar-refractivity contribution is 5.69. The van der Waals surface area contributed by atoms with Gasteiger partial charge in [0.2, 0.25) is 0 Å². The van der Waals surface area contributed by atoms with Gasteiger partial charge < -0.3 is 15.0 Å². The zero-order valence-corrected chi connectivity index (χ0v) is 17.3. The molecule has 0 aromatic carbocycles. The maximum absolute atomic E-state index is 12.5. The van der Waals surface area contributed by atoms with Crippen molar-refractivity contribution in [3.05, 3.63) is 30.2 Å². The Hall–Kier alpha value is -2.57. The normalized spacial score (nSPS) is 20.5. The molecular formula is C21H29N5O2. The van der Waals surface area contributed by atoms with E-state index in [0.717, 1.165) is 42.0 Å². The van der Waals surface area contributed by atoms with Crippen LogP contribution in [0.5, 0.6) is 0 Å². The van der Waals surface area contributed by atoms with E-state index >= 15 is 0 Å². The van der Waals surface area contributed by atoms with E-state index in [0.29, 0.717) is 6.54 Å². The fourth-order valence-electron chi connectivity index (χ4n) is 3.99. The van der Waals surface area contributed by atoms with Gasteiger partial charge in [-0.05, 0) is 52.7 Å². The van der Waals surface area contributed by atoms with E-state index in [1.54, 1.807) is 4.68 Å². The van der Waals surface area contributed by atoms with Gasteiger partial charge in [-0.15, -0.1) is 0 Å². The predicted octanol–water partition coefficient (Wildman–Crippen LogP) is 3.60. The number of aromatic nitrogens is 3. The van der Waals surface area contributed by atoms with E-state index in [-0.39, 0.29) is 17.6 Å². The third kappa shape index (κ3) is 3.70. The van der Waals surface area contributed by atoms with E-state index in [9.17, 15) is 4.79 Å². The standard InChI is InChI=1S/C21H29N5O2/c1-14-16(15-10-22-25(5)11-15)6-7-18(23-14)24-17-12-26(13-21(17)8-9-21)19(27)28-20(2,3)4/h6-7,10-11,17H,8-9,12-13H2,1-5H3,(H,23,24)/t17-/m1/s1. The van der Waals surface area contributed by atoms with E-state index in [1.807, 2.05) is 58.1 Å². The lowest BCUT2D eigenvalue weighted by Crippen LogP contribution is -2.36. The highest BCUT2D eigenvalue weighted by atomic mass is 16.6. The lowest BCUT2D eigenvalue weighted by atomic mass is 10.0. The van der Waals surface area contributed by atoms with E-state index < -0.39 is 5.60 Å². The number of rotatable bonds is 3. The zero-order valence-electron chi connectivity index (χ0n) is 17.3. The molecule has 2 fully saturated rings. The Morgan fingerprint density at radius 2 is 2.07 bits per heavy atom. The maximum Gasteiger partial charge on any atom is 0.410 e. The minimum Gasteiger partial charge on any atom is -0.444 e. The molecule has 0 unspecified atom stereocenters. The number of carbonyl (C=O) groups is 1. The molecule has 7 heteroatoms. The Bertz CT molecular complexity index is 894. The fourth-order valence-corrected chi connectivity index (χ4v) is 3.99. The summed E-state index contributed by atoms with van der Waals surface area (Å²) < 4.78 is 7.36. The predicted molar refractivity (Wildman–Crippen MR) is 108 cm³/mol. The van der Waals surface area contributed by atoms with E-state index in [1.165, 1.54) is 0 Å². The quantitative estimate of drug-likeness (QED) is 0.877. The minimum absolute atomic E-state index is 0.161. The summed E-state index contributed by atoms with van der Waals surface area (Å²) in [5.74, 6) is 0.854. The first-order valence-corrected chi connectivity index (χ1v) is 9.86. The number of aryl methyl sites for hydroxylation is 2. The number of hydrogen-bond acceptors (Lipinski definition) is 5. The summed E-state index contributed by atoms with van der Waals surface area (Å²) in [6.07, 6.45) is 5.89. The third-order valence-corrected chi connectivity index (χ3v) is 5.62. The molecule has 28 heavy (non-hydrogen) atoms. The zero-order chi connectivity index (χ0) is 20.1. The van der Waals surface area contributed by atoms with Crippen LogP contribution in [0.4, 0.5) is 10.6 Å². The summed E-state index contributed by atoms with van der Waals surface area (Å²) in [4.78, 5) is 19.1. The number of anilines is 1. The molecule has 2 aliphatic rings. The average Bonchev–Trinajstić information content (AvgIpc) is 3.10. The number of hydrogen-bond donors (Lipinski definition) is 1. The van der Waals surface area contributed by atoms with Crippen LogP contribution in [-0.2, 0) is 11.8 Å². The molecule has 1 atom stereocenters. The SMILES string of the molecule is Cc1nc(N[C@@H]2CN(C(=O)OC(C)(C)C)CC23CC3)ccc1-c1cnn(C)c1. The van der Waals surface area contributed by atoms with Crippen molar-refractivity contribution in [2.75, 3.05) is 18.4 Å². The first-order chi connectivity index (χ1) is 13.2. The molecule has 2 aromatic rings. The molecule has 1 N–H and O–H groups in total. The second-order valence-corrected chi connectivity index (χ2v) is 9.15. The van der Waals surface area contributed by atoms with Crippen LogP contribution in [0.1, 0.15) is 39.3 Å². The monoisotopic (exact) mass is 383 g/mol. The van der Waals surface area contributed by atoms with Crippen molar-refractivity contribution in [2.24, 2.45) is 12.5 Å². The molecular weight excluding hydrogens is 354 g/mol. The van der Waals surface area contributed by atoms with Crippen LogP contribution in [0.3, 0.4) is 0 Å². The summed E-state index contributed by atoms with van der Waals surface area (Å²) in [5.41, 5.74) is 2.80. The highest BCUT2D eigenvalue weighted by Gasteiger charge is 2.56. The van der Waals surface area contributed by atoms with Gasteiger partial charge in [0, 0.05) is 48.6 Å². The molecule has 4 rings (SSSR count). The second kappa shape index (κ2) is 6.50. The number of ether oxygens (including phenoxy) is 1. The first kappa shape index (κ1) is 18.8. The molecule has 2 aromatic heterocycles. The van der Waals surface area contributed by atoms with E-state index in [4.69, 9.17) is 9.72 Å². The van der Waals surface area contributed by atoms with Crippen molar-refractivity contribution in [3.63, 3.8) is 0 Å². The van der Waals surface area contributed by atoms with Gasteiger partial charge in [0.15, 0.2) is 0 Å². The molecule has 1 aliphatic heterocycles. The Kier molecular flexibility index (Phi) is 4.36. The van der Waals surface area contributed by atoms with Crippen molar-refractivity contribution in [3.8, 4) is 11.1 Å². The number of carbonyl (C=O) groups excluding carboxylic acids is 1.